The minimum absolute atomic E-state index is 0.0248. The molecule has 2 heterocycles. The first-order chi connectivity index (χ1) is 17.6. The lowest BCUT2D eigenvalue weighted by Crippen LogP contribution is -2.47. The Bertz CT molecular complexity index is 1200. The number of halogens is 1. The fraction of sp³-hybridized carbons (Fsp3) is 0.414. The second-order valence-electron chi connectivity index (χ2n) is 9.89. The van der Waals surface area contributed by atoms with Gasteiger partial charge >= 0.3 is 0 Å². The molecule has 2 aliphatic rings. The molecule has 1 aromatic heterocycles. The highest BCUT2D eigenvalue weighted by molar-refractivity contribution is 6.31. The minimum Gasteiger partial charge on any atom is -0.368 e. The van der Waals surface area contributed by atoms with E-state index in [1.54, 1.807) is 0 Å². The van der Waals surface area contributed by atoms with Crippen LogP contribution in [-0.4, -0.2) is 54.3 Å². The third-order valence-electron chi connectivity index (χ3n) is 7.56. The van der Waals surface area contributed by atoms with Crippen LogP contribution in [0.25, 0.3) is 10.9 Å². The Morgan fingerprint density at radius 3 is 2.53 bits per heavy atom. The topological polar surface area (TPSA) is 65.5 Å². The van der Waals surface area contributed by atoms with Crippen LogP contribution < -0.4 is 10.2 Å². The van der Waals surface area contributed by atoms with Crippen LogP contribution in [0.2, 0.25) is 5.02 Å². The van der Waals surface area contributed by atoms with Crippen molar-refractivity contribution in [3.63, 3.8) is 0 Å². The van der Waals surface area contributed by atoms with Gasteiger partial charge in [-0.15, -0.1) is 0 Å². The quantitative estimate of drug-likeness (QED) is 0.489. The molecule has 1 aliphatic heterocycles. The number of nitrogens with one attached hydrogen (secondary N) is 1. The Kier molecular flexibility index (Phi) is 7.83. The Labute approximate surface area is 217 Å². The first kappa shape index (κ1) is 24.7. The van der Waals surface area contributed by atoms with E-state index < -0.39 is 0 Å². The number of benzene rings is 2. The molecule has 0 radical (unpaired) electrons. The van der Waals surface area contributed by atoms with Crippen molar-refractivity contribution in [2.75, 3.05) is 37.6 Å². The van der Waals surface area contributed by atoms with Crippen LogP contribution in [0.4, 0.5) is 5.69 Å². The standard InChI is InChI=1S/C29H33ClN4O2/c30-23-8-11-25-27(20-23)31-14-12-28(25)34-18-16-33(17-19-34)15-13-26(21-4-2-1-3-5-21)32-29(36)22-6-9-24(35)10-7-22/h1-5,8,11-12,14,20,22,26H,6-7,9-10,13,15-19H2,(H,32,36)/t26-/m0/s1. The summed E-state index contributed by atoms with van der Waals surface area (Å²) in [5.41, 5.74) is 3.26. The molecule has 5 rings (SSSR count). The zero-order valence-corrected chi connectivity index (χ0v) is 21.3. The number of aromatic nitrogens is 1. The van der Waals surface area contributed by atoms with Crippen molar-refractivity contribution >= 4 is 39.9 Å². The van der Waals surface area contributed by atoms with E-state index in [4.69, 9.17) is 11.6 Å². The van der Waals surface area contributed by atoms with Crippen LogP contribution in [0.15, 0.2) is 60.8 Å². The maximum Gasteiger partial charge on any atom is 0.223 e. The number of carbonyl (C=O) groups is 2. The fourth-order valence-electron chi connectivity index (χ4n) is 5.41. The van der Waals surface area contributed by atoms with Gasteiger partial charge in [-0.1, -0.05) is 41.9 Å². The zero-order chi connectivity index (χ0) is 24.9. The van der Waals surface area contributed by atoms with Crippen LogP contribution in [0.3, 0.4) is 0 Å². The molecule has 1 saturated carbocycles. The summed E-state index contributed by atoms with van der Waals surface area (Å²) < 4.78 is 0. The number of rotatable bonds is 7. The maximum absolute atomic E-state index is 13.0. The molecule has 36 heavy (non-hydrogen) atoms. The molecule has 188 valence electrons. The second-order valence-corrected chi connectivity index (χ2v) is 10.3. The summed E-state index contributed by atoms with van der Waals surface area (Å²) in [6.45, 7) is 4.75. The third kappa shape index (κ3) is 5.88. The molecule has 1 saturated heterocycles. The van der Waals surface area contributed by atoms with Crippen LogP contribution in [-0.2, 0) is 9.59 Å². The van der Waals surface area contributed by atoms with Gasteiger partial charge in [0.15, 0.2) is 0 Å². The van der Waals surface area contributed by atoms with Gasteiger partial charge in [-0.2, -0.15) is 0 Å². The molecule has 1 N–H and O–H groups in total. The lowest BCUT2D eigenvalue weighted by Gasteiger charge is -2.37. The predicted molar refractivity (Wildman–Crippen MR) is 144 cm³/mol. The van der Waals surface area contributed by atoms with E-state index in [9.17, 15) is 9.59 Å². The lowest BCUT2D eigenvalue weighted by molar-refractivity contribution is -0.129. The van der Waals surface area contributed by atoms with Gasteiger partial charge in [0.05, 0.1) is 11.6 Å². The predicted octanol–water partition coefficient (Wildman–Crippen LogP) is 5.02. The molecular formula is C29H33ClN4O2. The molecular weight excluding hydrogens is 472 g/mol. The van der Waals surface area contributed by atoms with Gasteiger partial charge in [-0.3, -0.25) is 19.5 Å². The molecule has 1 atom stereocenters. The molecule has 0 bridgehead atoms. The summed E-state index contributed by atoms with van der Waals surface area (Å²) in [4.78, 5) is 34.0. The average molecular weight is 505 g/mol. The number of Topliss-reactive ketones (excluding diaryl/α,β-unsaturated/α-hetero) is 1. The van der Waals surface area contributed by atoms with Crippen molar-refractivity contribution in [2.45, 2.75) is 38.1 Å². The van der Waals surface area contributed by atoms with Crippen molar-refractivity contribution in [3.05, 3.63) is 71.4 Å². The van der Waals surface area contributed by atoms with E-state index in [-0.39, 0.29) is 23.7 Å². The third-order valence-corrected chi connectivity index (χ3v) is 7.80. The number of anilines is 1. The van der Waals surface area contributed by atoms with Crippen molar-refractivity contribution in [3.8, 4) is 0 Å². The summed E-state index contributed by atoms with van der Waals surface area (Å²) >= 11 is 6.16. The van der Waals surface area contributed by atoms with Crippen LogP contribution >= 0.6 is 11.6 Å². The van der Waals surface area contributed by atoms with E-state index >= 15 is 0 Å². The monoisotopic (exact) mass is 504 g/mol. The summed E-state index contributed by atoms with van der Waals surface area (Å²) in [6, 6.07) is 18.2. The van der Waals surface area contributed by atoms with E-state index in [0.29, 0.717) is 30.7 Å². The number of pyridine rings is 1. The maximum atomic E-state index is 13.0. The zero-order valence-electron chi connectivity index (χ0n) is 20.5. The number of piperazine rings is 1. The number of nitrogens with zero attached hydrogens (tertiary/aromatic N) is 3. The van der Waals surface area contributed by atoms with Crippen molar-refractivity contribution in [1.29, 1.82) is 0 Å². The molecule has 7 heteroatoms. The number of fused-ring (bicyclic) bond motifs is 1. The van der Waals surface area contributed by atoms with E-state index in [1.807, 2.05) is 36.5 Å². The summed E-state index contributed by atoms with van der Waals surface area (Å²) in [5.74, 6) is 0.315. The van der Waals surface area contributed by atoms with E-state index in [0.717, 1.165) is 55.6 Å². The van der Waals surface area contributed by atoms with Gasteiger partial charge < -0.3 is 10.2 Å². The minimum atomic E-state index is -0.0532. The van der Waals surface area contributed by atoms with Crippen molar-refractivity contribution in [2.24, 2.45) is 5.92 Å². The number of ketones is 1. The van der Waals surface area contributed by atoms with Crippen molar-refractivity contribution < 1.29 is 9.59 Å². The number of amides is 1. The van der Waals surface area contributed by atoms with E-state index in [1.165, 1.54) is 5.69 Å². The van der Waals surface area contributed by atoms with Gasteiger partial charge in [-0.05, 0) is 49.1 Å². The number of hydrogen-bond acceptors (Lipinski definition) is 5. The SMILES string of the molecule is O=C1CCC(C(=O)N[C@@H](CCN2CCN(c3ccnc4cc(Cl)ccc34)CC2)c2ccccc2)CC1. The normalized spacial score (nSPS) is 18.4. The summed E-state index contributed by atoms with van der Waals surface area (Å²) in [6.07, 6.45) is 5.11. The highest BCUT2D eigenvalue weighted by Gasteiger charge is 2.27. The van der Waals surface area contributed by atoms with Crippen LogP contribution in [0.5, 0.6) is 0 Å². The highest BCUT2D eigenvalue weighted by Crippen LogP contribution is 2.29. The smallest absolute Gasteiger partial charge is 0.223 e. The van der Waals surface area contributed by atoms with Gasteiger partial charge in [0, 0.05) is 73.8 Å². The average Bonchev–Trinajstić information content (AvgIpc) is 2.91. The number of hydrogen-bond donors (Lipinski definition) is 1. The van der Waals surface area contributed by atoms with Crippen molar-refractivity contribution in [1.82, 2.24) is 15.2 Å². The molecule has 1 aliphatic carbocycles. The van der Waals surface area contributed by atoms with Gasteiger partial charge in [0.25, 0.3) is 0 Å². The van der Waals surface area contributed by atoms with Gasteiger partial charge in [0.1, 0.15) is 5.78 Å². The second kappa shape index (κ2) is 11.4. The number of carbonyl (C=O) groups excluding carboxylic acids is 2. The summed E-state index contributed by atoms with van der Waals surface area (Å²) in [5, 5.41) is 5.15. The molecule has 0 unspecified atom stereocenters. The lowest BCUT2D eigenvalue weighted by atomic mass is 9.87. The molecule has 6 nitrogen and oxygen atoms in total. The Morgan fingerprint density at radius 1 is 1.03 bits per heavy atom. The first-order valence-electron chi connectivity index (χ1n) is 13.0. The van der Waals surface area contributed by atoms with Gasteiger partial charge in [0.2, 0.25) is 5.91 Å². The largest absolute Gasteiger partial charge is 0.368 e. The Hall–Kier alpha value is -2.96. The molecule has 0 spiro atoms. The Balaban J connectivity index is 1.19. The van der Waals surface area contributed by atoms with Crippen LogP contribution in [0, 0.1) is 5.92 Å². The molecule has 1 amide bonds. The highest BCUT2D eigenvalue weighted by atomic mass is 35.5. The Morgan fingerprint density at radius 2 is 1.78 bits per heavy atom. The summed E-state index contributed by atoms with van der Waals surface area (Å²) in [7, 11) is 0. The first-order valence-corrected chi connectivity index (χ1v) is 13.3. The molecule has 3 aromatic rings. The van der Waals surface area contributed by atoms with Gasteiger partial charge in [-0.25, -0.2) is 0 Å². The molecule has 2 aromatic carbocycles. The van der Waals surface area contributed by atoms with Crippen LogP contribution in [0.1, 0.15) is 43.7 Å². The molecule has 2 fully saturated rings. The fourth-order valence-corrected chi connectivity index (χ4v) is 5.57. The van der Waals surface area contributed by atoms with E-state index in [2.05, 4.69) is 44.4 Å².